The molecule has 0 aliphatic carbocycles. The van der Waals surface area contributed by atoms with Gasteiger partial charge in [-0.3, -0.25) is 9.78 Å². The van der Waals surface area contributed by atoms with E-state index in [9.17, 15) is 19.5 Å². The van der Waals surface area contributed by atoms with Crippen molar-refractivity contribution in [3.05, 3.63) is 66.0 Å². The summed E-state index contributed by atoms with van der Waals surface area (Å²) in [5, 5.41) is 18.6. The zero-order valence-corrected chi connectivity index (χ0v) is 21.0. The molecule has 0 saturated carbocycles. The van der Waals surface area contributed by atoms with E-state index in [-0.39, 0.29) is 13.2 Å². The minimum atomic E-state index is -1.49. The van der Waals surface area contributed by atoms with Crippen molar-refractivity contribution in [2.24, 2.45) is 0 Å². The Bertz CT molecular complexity index is 950. The highest BCUT2D eigenvalue weighted by Gasteiger charge is 2.29. The first kappa shape index (κ1) is 28.6. The quantitative estimate of drug-likeness (QED) is 0.329. The van der Waals surface area contributed by atoms with Crippen LogP contribution in [0, 0.1) is 0 Å². The summed E-state index contributed by atoms with van der Waals surface area (Å²) in [6.07, 6.45) is 1.86. The molecule has 0 saturated heterocycles. The summed E-state index contributed by atoms with van der Waals surface area (Å²) in [6, 6.07) is 12.0. The van der Waals surface area contributed by atoms with Gasteiger partial charge in [-0.15, -0.1) is 0 Å². The first-order valence-electron chi connectivity index (χ1n) is 11.9. The lowest BCUT2D eigenvalue weighted by Crippen LogP contribution is -2.51. The van der Waals surface area contributed by atoms with Gasteiger partial charge in [-0.1, -0.05) is 36.4 Å². The third kappa shape index (κ3) is 11.7. The van der Waals surface area contributed by atoms with Gasteiger partial charge in [0.2, 0.25) is 0 Å². The van der Waals surface area contributed by atoms with Gasteiger partial charge in [0.15, 0.2) is 6.10 Å². The van der Waals surface area contributed by atoms with Crippen LogP contribution in [0.3, 0.4) is 0 Å². The Morgan fingerprint density at radius 3 is 2.36 bits per heavy atom. The van der Waals surface area contributed by atoms with Gasteiger partial charge in [-0.25, -0.2) is 9.59 Å². The molecule has 0 aliphatic rings. The van der Waals surface area contributed by atoms with Crippen molar-refractivity contribution in [2.45, 2.75) is 70.9 Å². The summed E-state index contributed by atoms with van der Waals surface area (Å²) in [6.45, 7) is 5.88. The van der Waals surface area contributed by atoms with Crippen molar-refractivity contribution in [1.82, 2.24) is 20.9 Å². The number of rotatable bonds is 12. The minimum Gasteiger partial charge on any atom is -0.445 e. The van der Waals surface area contributed by atoms with Crippen LogP contribution in [0.1, 0.15) is 51.2 Å². The maximum atomic E-state index is 12.5. The van der Waals surface area contributed by atoms with Crippen molar-refractivity contribution >= 4 is 18.1 Å². The average Bonchev–Trinajstić information content (AvgIpc) is 2.84. The molecule has 1 heterocycles. The number of benzene rings is 1. The number of nitrogens with one attached hydrogen (secondary N) is 3. The molecule has 0 aliphatic heterocycles. The summed E-state index contributed by atoms with van der Waals surface area (Å²) in [5.41, 5.74) is 0.936. The number of nitrogens with zero attached hydrogens (tertiary/aromatic N) is 1. The molecular weight excluding hydrogens is 464 g/mol. The Hall–Kier alpha value is -3.66. The average molecular weight is 501 g/mol. The summed E-state index contributed by atoms with van der Waals surface area (Å²) >= 11 is 0. The van der Waals surface area contributed by atoms with E-state index in [1.165, 1.54) is 0 Å². The second kappa shape index (κ2) is 14.7. The van der Waals surface area contributed by atoms with Crippen LogP contribution in [0.4, 0.5) is 9.59 Å². The number of pyridine rings is 1. The van der Waals surface area contributed by atoms with Crippen LogP contribution in [0.15, 0.2) is 54.9 Å². The topological polar surface area (TPSA) is 139 Å². The monoisotopic (exact) mass is 500 g/mol. The van der Waals surface area contributed by atoms with Gasteiger partial charge in [0, 0.05) is 25.5 Å². The van der Waals surface area contributed by atoms with Gasteiger partial charge < -0.3 is 30.5 Å². The van der Waals surface area contributed by atoms with Gasteiger partial charge in [0.1, 0.15) is 12.2 Å². The molecule has 2 rings (SSSR count). The van der Waals surface area contributed by atoms with Crippen molar-refractivity contribution in [3.63, 3.8) is 0 Å². The maximum Gasteiger partial charge on any atom is 0.407 e. The first-order valence-corrected chi connectivity index (χ1v) is 11.9. The number of alkyl carbamates (subject to hydrolysis) is 2. The Morgan fingerprint density at radius 1 is 0.972 bits per heavy atom. The third-order valence-electron chi connectivity index (χ3n) is 4.97. The molecule has 2 aromatic rings. The van der Waals surface area contributed by atoms with E-state index in [1.54, 1.807) is 45.3 Å². The van der Waals surface area contributed by atoms with Crippen molar-refractivity contribution in [3.8, 4) is 0 Å². The predicted octanol–water partition coefficient (Wildman–Crippen LogP) is 3.05. The number of carbonyl (C=O) groups is 3. The SMILES string of the molecule is CC(C)(C)OC(=O)N[C@@H](CCCCNC(=O)OCc1ccccc1)C(O)C(=O)NCc1cccnc1. The summed E-state index contributed by atoms with van der Waals surface area (Å²) in [7, 11) is 0. The largest absolute Gasteiger partial charge is 0.445 e. The molecule has 0 spiro atoms. The number of unbranched alkanes of at least 4 members (excludes halogenated alkanes) is 1. The zero-order chi connectivity index (χ0) is 26.4. The van der Waals surface area contributed by atoms with Gasteiger partial charge in [0.05, 0.1) is 6.04 Å². The number of ether oxygens (including phenoxy) is 2. The van der Waals surface area contributed by atoms with E-state index in [0.29, 0.717) is 25.8 Å². The molecule has 0 fully saturated rings. The van der Waals surface area contributed by atoms with Crippen LogP contribution >= 0.6 is 0 Å². The number of aliphatic hydroxyl groups is 1. The van der Waals surface area contributed by atoms with Crippen LogP contribution in [0.2, 0.25) is 0 Å². The fraction of sp³-hybridized carbons (Fsp3) is 0.462. The highest BCUT2D eigenvalue weighted by atomic mass is 16.6. The highest BCUT2D eigenvalue weighted by molar-refractivity contribution is 5.82. The lowest BCUT2D eigenvalue weighted by atomic mass is 10.0. The van der Waals surface area contributed by atoms with Crippen LogP contribution in [0.5, 0.6) is 0 Å². The highest BCUT2D eigenvalue weighted by Crippen LogP contribution is 2.11. The number of hydrogen-bond acceptors (Lipinski definition) is 7. The Morgan fingerprint density at radius 2 is 1.69 bits per heavy atom. The summed E-state index contributed by atoms with van der Waals surface area (Å²) in [5.74, 6) is -0.623. The fourth-order valence-corrected chi connectivity index (χ4v) is 3.20. The van der Waals surface area contributed by atoms with Crippen molar-refractivity contribution in [2.75, 3.05) is 6.54 Å². The molecule has 4 N–H and O–H groups in total. The van der Waals surface area contributed by atoms with Crippen LogP contribution in [-0.2, 0) is 27.4 Å². The zero-order valence-electron chi connectivity index (χ0n) is 21.0. The van der Waals surface area contributed by atoms with Gasteiger partial charge in [0.25, 0.3) is 5.91 Å². The number of amides is 3. The lowest BCUT2D eigenvalue weighted by Gasteiger charge is -2.26. The number of aromatic nitrogens is 1. The molecule has 0 radical (unpaired) electrons. The van der Waals surface area contributed by atoms with Gasteiger partial charge in [-0.2, -0.15) is 0 Å². The van der Waals surface area contributed by atoms with E-state index in [1.807, 2.05) is 30.3 Å². The predicted molar refractivity (Wildman–Crippen MR) is 134 cm³/mol. The van der Waals surface area contributed by atoms with E-state index in [2.05, 4.69) is 20.9 Å². The molecule has 196 valence electrons. The normalized spacial score (nSPS) is 12.7. The molecule has 0 bridgehead atoms. The molecule has 1 aromatic heterocycles. The molecule has 10 nitrogen and oxygen atoms in total. The molecule has 3 amide bonds. The fourth-order valence-electron chi connectivity index (χ4n) is 3.20. The van der Waals surface area contributed by atoms with Crippen LogP contribution in [-0.4, -0.2) is 52.5 Å². The first-order chi connectivity index (χ1) is 17.1. The van der Waals surface area contributed by atoms with E-state index < -0.39 is 35.8 Å². The van der Waals surface area contributed by atoms with E-state index in [4.69, 9.17) is 9.47 Å². The van der Waals surface area contributed by atoms with Crippen LogP contribution < -0.4 is 16.0 Å². The van der Waals surface area contributed by atoms with Crippen molar-refractivity contribution in [1.29, 1.82) is 0 Å². The Balaban J connectivity index is 1.80. The molecule has 2 atom stereocenters. The maximum absolute atomic E-state index is 12.5. The van der Waals surface area contributed by atoms with Gasteiger partial charge >= 0.3 is 12.2 Å². The van der Waals surface area contributed by atoms with Crippen LogP contribution in [0.25, 0.3) is 0 Å². The minimum absolute atomic E-state index is 0.175. The Labute approximate surface area is 211 Å². The van der Waals surface area contributed by atoms with Gasteiger partial charge in [-0.05, 0) is 57.2 Å². The third-order valence-corrected chi connectivity index (χ3v) is 4.97. The van der Waals surface area contributed by atoms with E-state index in [0.717, 1.165) is 11.1 Å². The smallest absolute Gasteiger partial charge is 0.407 e. The number of hydrogen-bond donors (Lipinski definition) is 4. The molecular formula is C26H36N4O6. The molecule has 36 heavy (non-hydrogen) atoms. The summed E-state index contributed by atoms with van der Waals surface area (Å²) in [4.78, 5) is 40.7. The van der Waals surface area contributed by atoms with E-state index >= 15 is 0 Å². The van der Waals surface area contributed by atoms with Crippen molar-refractivity contribution < 1.29 is 29.0 Å². The standard InChI is InChI=1S/C26H36N4O6/c1-26(2,3)36-25(34)30-21(22(31)23(32)29-17-20-12-9-14-27-16-20)13-7-8-15-28-24(33)35-18-19-10-5-4-6-11-19/h4-6,9-12,14,16,21-22,31H,7-8,13,15,17-18H2,1-3H3,(H,28,33)(H,29,32)(H,30,34)/t21-,22?/m0/s1. The molecule has 10 heteroatoms. The number of aliphatic hydroxyl groups excluding tert-OH is 1. The second-order valence-electron chi connectivity index (χ2n) is 9.26. The molecule has 1 unspecified atom stereocenters. The second-order valence-corrected chi connectivity index (χ2v) is 9.26. The Kier molecular flexibility index (Phi) is 11.6. The molecule has 1 aromatic carbocycles. The number of carbonyl (C=O) groups excluding carboxylic acids is 3. The summed E-state index contributed by atoms with van der Waals surface area (Å²) < 4.78 is 10.4. The lowest BCUT2D eigenvalue weighted by molar-refractivity contribution is -0.131.